The maximum absolute atomic E-state index is 12.5. The van der Waals surface area contributed by atoms with Crippen molar-refractivity contribution in [2.45, 2.75) is 12.1 Å². The largest absolute Gasteiger partial charge is 0.494 e. The summed E-state index contributed by atoms with van der Waals surface area (Å²) >= 11 is 2.54. The summed E-state index contributed by atoms with van der Waals surface area (Å²) in [6.07, 6.45) is 0. The van der Waals surface area contributed by atoms with Crippen molar-refractivity contribution in [2.24, 2.45) is 7.05 Å². The lowest BCUT2D eigenvalue weighted by atomic mass is 10.2. The van der Waals surface area contributed by atoms with E-state index in [-0.39, 0.29) is 23.1 Å². The van der Waals surface area contributed by atoms with Crippen molar-refractivity contribution in [1.29, 1.82) is 0 Å². The number of ether oxygens (including phenoxy) is 1. The number of nitrogens with zero attached hydrogens (tertiary/aromatic N) is 2. The second-order valence-electron chi connectivity index (χ2n) is 7.22. The third kappa shape index (κ3) is 5.46. The summed E-state index contributed by atoms with van der Waals surface area (Å²) in [6.45, 7) is 2.49. The van der Waals surface area contributed by atoms with Gasteiger partial charge < -0.3 is 15.4 Å². The van der Waals surface area contributed by atoms with Crippen LogP contribution < -0.4 is 20.9 Å². The highest BCUT2D eigenvalue weighted by Gasteiger charge is 2.12. The highest BCUT2D eigenvalue weighted by atomic mass is 32.2. The number of rotatable bonds is 8. The first-order valence-electron chi connectivity index (χ1n) is 10.5. The number of fused-ring (bicyclic) bond motifs is 1. The van der Waals surface area contributed by atoms with Crippen molar-refractivity contribution in [3.8, 4) is 5.75 Å². The zero-order valence-electron chi connectivity index (χ0n) is 18.5. The van der Waals surface area contributed by atoms with E-state index in [2.05, 4.69) is 15.6 Å². The van der Waals surface area contributed by atoms with E-state index in [1.165, 1.54) is 27.7 Å². The van der Waals surface area contributed by atoms with Gasteiger partial charge in [0.05, 0.1) is 17.9 Å². The van der Waals surface area contributed by atoms with Gasteiger partial charge in [0.25, 0.3) is 11.5 Å². The van der Waals surface area contributed by atoms with Crippen molar-refractivity contribution in [2.75, 3.05) is 23.0 Å². The molecule has 34 heavy (non-hydrogen) atoms. The number of carbonyl (C=O) groups is 2. The monoisotopic (exact) mass is 494 g/mol. The summed E-state index contributed by atoms with van der Waals surface area (Å²) in [6, 6.07) is 15.5. The van der Waals surface area contributed by atoms with E-state index < -0.39 is 0 Å². The normalized spacial score (nSPS) is 10.8. The Bertz CT molecular complexity index is 1380. The number of benzene rings is 2. The number of hydrogen-bond acceptors (Lipinski definition) is 7. The quantitative estimate of drug-likeness (QED) is 0.278. The van der Waals surface area contributed by atoms with Crippen LogP contribution in [-0.2, 0) is 11.8 Å². The van der Waals surface area contributed by atoms with Gasteiger partial charge >= 0.3 is 0 Å². The molecule has 0 aliphatic rings. The molecule has 174 valence electrons. The van der Waals surface area contributed by atoms with Gasteiger partial charge in [0.2, 0.25) is 5.91 Å². The molecule has 0 saturated carbocycles. The number of aromatic nitrogens is 2. The first-order chi connectivity index (χ1) is 16.4. The van der Waals surface area contributed by atoms with Crippen molar-refractivity contribution in [1.82, 2.24) is 9.55 Å². The summed E-state index contributed by atoms with van der Waals surface area (Å²) in [5.41, 5.74) is 2.20. The second-order valence-corrected chi connectivity index (χ2v) is 9.08. The molecule has 2 N–H and O–H groups in total. The van der Waals surface area contributed by atoms with Gasteiger partial charge in [-0.25, -0.2) is 4.98 Å². The van der Waals surface area contributed by atoms with Crippen LogP contribution in [0.4, 0.5) is 11.4 Å². The van der Waals surface area contributed by atoms with Crippen LogP contribution in [0.2, 0.25) is 0 Å². The van der Waals surface area contributed by atoms with Gasteiger partial charge in [-0.15, -0.1) is 11.3 Å². The lowest BCUT2D eigenvalue weighted by molar-refractivity contribution is -0.113. The number of nitrogens with one attached hydrogen (secondary N) is 2. The summed E-state index contributed by atoms with van der Waals surface area (Å²) in [7, 11) is 1.64. The molecule has 2 amide bonds. The molecule has 8 nitrogen and oxygen atoms in total. The van der Waals surface area contributed by atoms with Gasteiger partial charge in [-0.2, -0.15) is 0 Å². The number of thioether (sulfide) groups is 1. The Balaban J connectivity index is 1.32. The van der Waals surface area contributed by atoms with Crippen LogP contribution in [0.25, 0.3) is 10.2 Å². The molecule has 2 aromatic carbocycles. The molecule has 0 aliphatic heterocycles. The minimum absolute atomic E-state index is 0.0932. The van der Waals surface area contributed by atoms with Gasteiger partial charge in [0, 0.05) is 24.0 Å². The fraction of sp³-hybridized carbons (Fsp3) is 0.167. The molecule has 0 atom stereocenters. The van der Waals surface area contributed by atoms with Crippen LogP contribution in [0.3, 0.4) is 0 Å². The Morgan fingerprint density at radius 3 is 2.41 bits per heavy atom. The number of hydrogen-bond donors (Lipinski definition) is 2. The zero-order chi connectivity index (χ0) is 24.1. The van der Waals surface area contributed by atoms with Crippen LogP contribution in [0, 0.1) is 0 Å². The van der Waals surface area contributed by atoms with Gasteiger partial charge in [-0.1, -0.05) is 11.8 Å². The Kier molecular flexibility index (Phi) is 7.29. The van der Waals surface area contributed by atoms with Gasteiger partial charge in [0.15, 0.2) is 5.16 Å². The highest BCUT2D eigenvalue weighted by molar-refractivity contribution is 7.99. The molecule has 0 bridgehead atoms. The molecule has 0 aliphatic carbocycles. The van der Waals surface area contributed by atoms with E-state index in [9.17, 15) is 14.4 Å². The maximum Gasteiger partial charge on any atom is 0.271 e. The SMILES string of the molecule is CCOc1ccc(NC(=O)c2ccc(NC(=O)CSc3nc4ccsc4c(=O)n3C)cc2)cc1. The van der Waals surface area contributed by atoms with E-state index in [1.807, 2.05) is 12.3 Å². The molecular formula is C24H22N4O4S2. The Labute approximate surface area is 204 Å². The molecule has 0 radical (unpaired) electrons. The smallest absolute Gasteiger partial charge is 0.271 e. The van der Waals surface area contributed by atoms with Crippen LogP contribution >= 0.6 is 23.1 Å². The molecule has 10 heteroatoms. The van der Waals surface area contributed by atoms with Crippen molar-refractivity contribution < 1.29 is 14.3 Å². The predicted octanol–water partition coefficient (Wildman–Crippen LogP) is 4.38. The van der Waals surface area contributed by atoms with Crippen LogP contribution in [-0.4, -0.2) is 33.7 Å². The fourth-order valence-corrected chi connectivity index (χ4v) is 4.71. The molecule has 0 fully saturated rings. The average molecular weight is 495 g/mol. The average Bonchev–Trinajstić information content (AvgIpc) is 3.31. The van der Waals surface area contributed by atoms with E-state index in [4.69, 9.17) is 4.74 Å². The fourth-order valence-electron chi connectivity index (χ4n) is 3.13. The van der Waals surface area contributed by atoms with Gasteiger partial charge in [0.1, 0.15) is 10.4 Å². The molecule has 4 aromatic rings. The maximum atomic E-state index is 12.5. The summed E-state index contributed by atoms with van der Waals surface area (Å²) in [5.74, 6) is 0.337. The lowest BCUT2D eigenvalue weighted by Crippen LogP contribution is -2.20. The zero-order valence-corrected chi connectivity index (χ0v) is 20.2. The van der Waals surface area contributed by atoms with Gasteiger partial charge in [-0.05, 0) is 66.9 Å². The first kappa shape index (κ1) is 23.5. The topological polar surface area (TPSA) is 102 Å². The number of amides is 2. The molecule has 2 aromatic heterocycles. The van der Waals surface area contributed by atoms with Crippen LogP contribution in [0.5, 0.6) is 5.75 Å². The second kappa shape index (κ2) is 10.5. The lowest BCUT2D eigenvalue weighted by Gasteiger charge is -2.09. The Hall–Kier alpha value is -3.63. The molecule has 2 heterocycles. The Morgan fingerprint density at radius 1 is 1.03 bits per heavy atom. The van der Waals surface area contributed by atoms with Crippen molar-refractivity contribution in [3.63, 3.8) is 0 Å². The minimum atomic E-state index is -0.256. The molecule has 0 saturated heterocycles. The molecule has 0 unspecified atom stereocenters. The van der Waals surface area contributed by atoms with E-state index in [0.717, 1.165) is 5.75 Å². The van der Waals surface area contributed by atoms with Crippen molar-refractivity contribution >= 4 is 56.5 Å². The first-order valence-corrected chi connectivity index (χ1v) is 12.3. The van der Waals surface area contributed by atoms with E-state index >= 15 is 0 Å². The Morgan fingerprint density at radius 2 is 1.71 bits per heavy atom. The summed E-state index contributed by atoms with van der Waals surface area (Å²) < 4.78 is 7.45. The molecule has 4 rings (SSSR count). The number of thiophene rings is 1. The van der Waals surface area contributed by atoms with Gasteiger partial charge in [-0.3, -0.25) is 19.0 Å². The van der Waals surface area contributed by atoms with Crippen LogP contribution in [0.15, 0.2) is 69.9 Å². The number of anilines is 2. The minimum Gasteiger partial charge on any atom is -0.494 e. The van der Waals surface area contributed by atoms with E-state index in [1.54, 1.807) is 61.6 Å². The summed E-state index contributed by atoms with van der Waals surface area (Å²) in [5, 5.41) is 7.92. The third-order valence-corrected chi connectivity index (χ3v) is 6.75. The third-order valence-electron chi connectivity index (χ3n) is 4.83. The predicted molar refractivity (Wildman–Crippen MR) is 136 cm³/mol. The molecule has 0 spiro atoms. The molecular weight excluding hydrogens is 472 g/mol. The standard InChI is InChI=1S/C24H22N4O4S2/c1-3-32-18-10-8-17(9-11-18)26-22(30)15-4-6-16(7-5-15)25-20(29)14-34-24-27-19-12-13-33-21(19)23(31)28(24)2/h4-13H,3,14H2,1-2H3,(H,25,29)(H,26,30). The highest BCUT2D eigenvalue weighted by Crippen LogP contribution is 2.21. The van der Waals surface area contributed by atoms with Crippen molar-refractivity contribution in [3.05, 3.63) is 75.9 Å². The van der Waals surface area contributed by atoms with E-state index in [0.29, 0.717) is 38.9 Å². The number of carbonyl (C=O) groups excluding carboxylic acids is 2. The van der Waals surface area contributed by atoms with Crippen LogP contribution in [0.1, 0.15) is 17.3 Å². The summed E-state index contributed by atoms with van der Waals surface area (Å²) in [4.78, 5) is 41.7.